The Balaban J connectivity index is 2.00. The fraction of sp³-hybridized carbons (Fsp3) is 0.647. The zero-order valence-corrected chi connectivity index (χ0v) is 13.1. The number of nitrogens with two attached hydrogens (primary N) is 1. The van der Waals surface area contributed by atoms with E-state index >= 15 is 0 Å². The first-order valence-electron chi connectivity index (χ1n) is 7.75. The molecule has 0 saturated carbocycles. The summed E-state index contributed by atoms with van der Waals surface area (Å²) in [4.78, 5) is 2.52. The molecule has 3 nitrogen and oxygen atoms in total. The van der Waals surface area contributed by atoms with Gasteiger partial charge in [0.2, 0.25) is 0 Å². The van der Waals surface area contributed by atoms with Crippen LogP contribution in [0.5, 0.6) is 5.75 Å². The van der Waals surface area contributed by atoms with Crippen molar-refractivity contribution in [3.8, 4) is 5.75 Å². The summed E-state index contributed by atoms with van der Waals surface area (Å²) in [5.41, 5.74) is 8.03. The Morgan fingerprint density at radius 2 is 2.00 bits per heavy atom. The van der Waals surface area contributed by atoms with Crippen molar-refractivity contribution in [2.24, 2.45) is 11.1 Å². The van der Waals surface area contributed by atoms with Gasteiger partial charge in [0, 0.05) is 24.7 Å². The second-order valence-electron chi connectivity index (χ2n) is 6.04. The molecule has 0 aromatic heterocycles. The molecular formula is C17H28N2O. The zero-order chi connectivity index (χ0) is 14.6. The summed E-state index contributed by atoms with van der Waals surface area (Å²) in [6, 6.07) is 8.11. The number of benzene rings is 1. The summed E-state index contributed by atoms with van der Waals surface area (Å²) in [5.74, 6) is 0.899. The van der Waals surface area contributed by atoms with Crippen molar-refractivity contribution >= 4 is 0 Å². The van der Waals surface area contributed by atoms with E-state index in [1.165, 1.54) is 32.4 Å². The van der Waals surface area contributed by atoms with Gasteiger partial charge in [-0.1, -0.05) is 32.0 Å². The van der Waals surface area contributed by atoms with Crippen LogP contribution in [-0.4, -0.2) is 31.6 Å². The van der Waals surface area contributed by atoms with Gasteiger partial charge in [-0.05, 0) is 37.3 Å². The Morgan fingerprint density at radius 3 is 2.60 bits per heavy atom. The number of likely N-dealkylation sites (tertiary alicyclic amines) is 1. The average Bonchev–Trinajstić information content (AvgIpc) is 2.91. The largest absolute Gasteiger partial charge is 0.496 e. The molecule has 0 amide bonds. The normalized spacial score (nSPS) is 20.0. The lowest BCUT2D eigenvalue weighted by Crippen LogP contribution is -2.33. The van der Waals surface area contributed by atoms with Crippen molar-refractivity contribution in [3.63, 3.8) is 0 Å². The standard InChI is InChI=1S/C17H28N2O/c1-4-17(5-2)10-11-19(13-17)12-15(18)14-8-6-7-9-16(14)20-3/h6-9,15H,4-5,10-13,18H2,1-3H3. The lowest BCUT2D eigenvalue weighted by molar-refractivity contribution is 0.232. The molecular weight excluding hydrogens is 248 g/mol. The molecule has 1 atom stereocenters. The van der Waals surface area contributed by atoms with E-state index in [0.29, 0.717) is 5.41 Å². The zero-order valence-electron chi connectivity index (χ0n) is 13.1. The number of nitrogens with zero attached hydrogens (tertiary/aromatic N) is 1. The lowest BCUT2D eigenvalue weighted by Gasteiger charge is -2.28. The van der Waals surface area contributed by atoms with Gasteiger partial charge in [-0.2, -0.15) is 0 Å². The third-order valence-corrected chi connectivity index (χ3v) is 5.01. The van der Waals surface area contributed by atoms with E-state index in [4.69, 9.17) is 10.5 Å². The third-order valence-electron chi connectivity index (χ3n) is 5.01. The predicted molar refractivity (Wildman–Crippen MR) is 84.0 cm³/mol. The number of hydrogen-bond acceptors (Lipinski definition) is 3. The summed E-state index contributed by atoms with van der Waals surface area (Å²) in [7, 11) is 1.71. The monoisotopic (exact) mass is 276 g/mol. The van der Waals surface area contributed by atoms with Gasteiger partial charge >= 0.3 is 0 Å². The molecule has 0 bridgehead atoms. The minimum atomic E-state index is 0.0238. The number of ether oxygens (including phenoxy) is 1. The maximum atomic E-state index is 6.40. The summed E-state index contributed by atoms with van der Waals surface area (Å²) in [5, 5.41) is 0. The van der Waals surface area contributed by atoms with Gasteiger partial charge in [0.15, 0.2) is 0 Å². The average molecular weight is 276 g/mol. The van der Waals surface area contributed by atoms with Gasteiger partial charge in [-0.15, -0.1) is 0 Å². The van der Waals surface area contributed by atoms with Gasteiger partial charge in [0.05, 0.1) is 7.11 Å². The van der Waals surface area contributed by atoms with E-state index < -0.39 is 0 Å². The molecule has 0 spiro atoms. The molecule has 3 heteroatoms. The van der Waals surface area contributed by atoms with Gasteiger partial charge in [0.25, 0.3) is 0 Å². The molecule has 20 heavy (non-hydrogen) atoms. The first-order chi connectivity index (χ1) is 9.64. The van der Waals surface area contributed by atoms with Crippen LogP contribution in [0.2, 0.25) is 0 Å². The number of methoxy groups -OCH3 is 1. The lowest BCUT2D eigenvalue weighted by atomic mass is 9.82. The van der Waals surface area contributed by atoms with Crippen LogP contribution in [0.25, 0.3) is 0 Å². The molecule has 2 N–H and O–H groups in total. The first-order valence-corrected chi connectivity index (χ1v) is 7.75. The van der Waals surface area contributed by atoms with Crippen LogP contribution in [-0.2, 0) is 0 Å². The van der Waals surface area contributed by atoms with E-state index in [9.17, 15) is 0 Å². The molecule has 2 rings (SSSR count). The van der Waals surface area contributed by atoms with Gasteiger partial charge in [0.1, 0.15) is 5.75 Å². The molecule has 1 aromatic carbocycles. The molecule has 112 valence electrons. The summed E-state index contributed by atoms with van der Waals surface area (Å²) >= 11 is 0. The van der Waals surface area contributed by atoms with Crippen molar-refractivity contribution in [2.45, 2.75) is 39.2 Å². The number of hydrogen-bond donors (Lipinski definition) is 1. The van der Waals surface area contributed by atoms with Crippen molar-refractivity contribution in [1.29, 1.82) is 0 Å². The molecule has 1 heterocycles. The minimum Gasteiger partial charge on any atom is -0.496 e. The molecule has 1 aliphatic rings. The van der Waals surface area contributed by atoms with Crippen LogP contribution >= 0.6 is 0 Å². The van der Waals surface area contributed by atoms with Gasteiger partial charge in [-0.25, -0.2) is 0 Å². The molecule has 1 aliphatic heterocycles. The van der Waals surface area contributed by atoms with Crippen molar-refractivity contribution in [1.82, 2.24) is 4.90 Å². The van der Waals surface area contributed by atoms with Gasteiger partial charge < -0.3 is 15.4 Å². The summed E-state index contributed by atoms with van der Waals surface area (Å²) in [6.45, 7) is 7.90. The second kappa shape index (κ2) is 6.59. The van der Waals surface area contributed by atoms with Crippen LogP contribution in [0.4, 0.5) is 0 Å². The second-order valence-corrected chi connectivity index (χ2v) is 6.04. The highest BCUT2D eigenvalue weighted by Crippen LogP contribution is 2.37. The van der Waals surface area contributed by atoms with Crippen molar-refractivity contribution in [3.05, 3.63) is 29.8 Å². The summed E-state index contributed by atoms with van der Waals surface area (Å²) < 4.78 is 5.42. The number of rotatable bonds is 6. The minimum absolute atomic E-state index is 0.0238. The Bertz CT molecular complexity index is 429. The quantitative estimate of drug-likeness (QED) is 0.867. The molecule has 0 aliphatic carbocycles. The molecule has 0 radical (unpaired) electrons. The highest BCUT2D eigenvalue weighted by atomic mass is 16.5. The SMILES string of the molecule is CCC1(CC)CCN(CC(N)c2ccccc2OC)C1. The van der Waals surface area contributed by atoms with Crippen molar-refractivity contribution in [2.75, 3.05) is 26.7 Å². The van der Waals surface area contributed by atoms with E-state index in [-0.39, 0.29) is 6.04 Å². The Kier molecular flexibility index (Phi) is 5.06. The first kappa shape index (κ1) is 15.3. The maximum Gasteiger partial charge on any atom is 0.123 e. The maximum absolute atomic E-state index is 6.40. The van der Waals surface area contributed by atoms with E-state index in [1.54, 1.807) is 7.11 Å². The van der Waals surface area contributed by atoms with Gasteiger partial charge in [-0.3, -0.25) is 0 Å². The molecule has 1 fully saturated rings. The van der Waals surface area contributed by atoms with Crippen LogP contribution in [0, 0.1) is 5.41 Å². The van der Waals surface area contributed by atoms with Crippen LogP contribution in [0.15, 0.2) is 24.3 Å². The molecule has 1 aromatic rings. The molecule has 1 unspecified atom stereocenters. The third kappa shape index (κ3) is 3.15. The van der Waals surface area contributed by atoms with E-state index in [2.05, 4.69) is 24.8 Å². The van der Waals surface area contributed by atoms with Crippen LogP contribution < -0.4 is 10.5 Å². The fourth-order valence-electron chi connectivity index (χ4n) is 3.36. The van der Waals surface area contributed by atoms with E-state index in [1.807, 2.05) is 18.2 Å². The van der Waals surface area contributed by atoms with Crippen LogP contribution in [0.3, 0.4) is 0 Å². The summed E-state index contributed by atoms with van der Waals surface area (Å²) in [6.07, 6.45) is 3.84. The Morgan fingerprint density at radius 1 is 1.30 bits per heavy atom. The Labute approximate surface area is 123 Å². The smallest absolute Gasteiger partial charge is 0.123 e. The van der Waals surface area contributed by atoms with E-state index in [0.717, 1.165) is 17.9 Å². The molecule has 1 saturated heterocycles. The van der Waals surface area contributed by atoms with Crippen LogP contribution in [0.1, 0.15) is 44.7 Å². The topological polar surface area (TPSA) is 38.5 Å². The predicted octanol–water partition coefficient (Wildman–Crippen LogP) is 3.21. The highest BCUT2D eigenvalue weighted by molar-refractivity contribution is 5.35. The van der Waals surface area contributed by atoms with Crippen molar-refractivity contribution < 1.29 is 4.74 Å². The fourth-order valence-corrected chi connectivity index (χ4v) is 3.36. The highest BCUT2D eigenvalue weighted by Gasteiger charge is 2.35. The Hall–Kier alpha value is -1.06. The number of para-hydroxylation sites is 1.